The fourth-order valence-corrected chi connectivity index (χ4v) is 5.92. The summed E-state index contributed by atoms with van der Waals surface area (Å²) in [5.41, 5.74) is 2.79. The first kappa shape index (κ1) is 23.1. The van der Waals surface area contributed by atoms with E-state index in [2.05, 4.69) is 20.9 Å². The van der Waals surface area contributed by atoms with E-state index in [0.29, 0.717) is 48.9 Å². The van der Waals surface area contributed by atoms with Crippen LogP contribution in [-0.4, -0.2) is 61.4 Å². The maximum atomic E-state index is 14.7. The Hall–Kier alpha value is -3.37. The van der Waals surface area contributed by atoms with Crippen LogP contribution in [0, 0.1) is 5.82 Å². The zero-order chi connectivity index (χ0) is 24.8. The van der Waals surface area contributed by atoms with Crippen LogP contribution >= 0.6 is 11.8 Å². The second kappa shape index (κ2) is 9.25. The van der Waals surface area contributed by atoms with Crippen LogP contribution in [0.5, 0.6) is 5.88 Å². The third kappa shape index (κ3) is 4.24. The molecular weight excluding hydrogens is 481 g/mol. The first-order chi connectivity index (χ1) is 17.5. The number of fused-ring (bicyclic) bond motifs is 2. The summed E-state index contributed by atoms with van der Waals surface area (Å²) in [5, 5.41) is 10.4. The number of amides is 2. The van der Waals surface area contributed by atoms with Crippen LogP contribution in [0.2, 0.25) is 0 Å². The Morgan fingerprint density at radius 1 is 1.19 bits per heavy atom. The van der Waals surface area contributed by atoms with Gasteiger partial charge in [-0.15, -0.1) is 11.8 Å². The number of methoxy groups -OCH3 is 1. The fourth-order valence-electron chi connectivity index (χ4n) is 5.14. The highest BCUT2D eigenvalue weighted by molar-refractivity contribution is 8.00. The lowest BCUT2D eigenvalue weighted by atomic mass is 9.95. The van der Waals surface area contributed by atoms with Gasteiger partial charge in [-0.2, -0.15) is 0 Å². The molecule has 3 aliphatic heterocycles. The lowest BCUT2D eigenvalue weighted by molar-refractivity contribution is -0.120. The third-order valence-electron chi connectivity index (χ3n) is 7.04. The van der Waals surface area contributed by atoms with Gasteiger partial charge in [0.15, 0.2) is 0 Å². The minimum absolute atomic E-state index is 0.00428. The molecule has 1 unspecified atom stereocenters. The van der Waals surface area contributed by atoms with Crippen molar-refractivity contribution in [1.29, 1.82) is 0 Å². The maximum Gasteiger partial charge on any atom is 0.234 e. The number of hydrogen-bond acceptors (Lipinski definition) is 7. The van der Waals surface area contributed by atoms with Gasteiger partial charge in [0.05, 0.1) is 30.2 Å². The number of carbonyl (C=O) groups is 2. The summed E-state index contributed by atoms with van der Waals surface area (Å²) >= 11 is 1.51. The molecule has 4 heterocycles. The summed E-state index contributed by atoms with van der Waals surface area (Å²) < 4.78 is 20.0. The molecule has 1 aromatic heterocycles. The van der Waals surface area contributed by atoms with Gasteiger partial charge in [0.2, 0.25) is 17.7 Å². The summed E-state index contributed by atoms with van der Waals surface area (Å²) in [6, 6.07) is 12.9. The standard InChI is InChI=1S/C26H26FN5O3S/c1-35-23-7-4-14-2-5-19(27)25(24(14)31-23)32-11-17(12-32)28-10-16-9-18(26(34)29-16)15-3-6-21-20(8-15)30-22(33)13-36-21/h2-8,16-18,28H,9-13H2,1H3,(H,29,34)(H,30,33)/t16?,18-/m1/s1. The monoisotopic (exact) mass is 507 g/mol. The lowest BCUT2D eigenvalue weighted by Gasteiger charge is -2.42. The number of halogens is 1. The zero-order valence-electron chi connectivity index (χ0n) is 19.7. The van der Waals surface area contributed by atoms with Crippen molar-refractivity contribution in [3.63, 3.8) is 0 Å². The number of nitrogens with one attached hydrogen (secondary N) is 3. The maximum absolute atomic E-state index is 14.7. The van der Waals surface area contributed by atoms with Gasteiger partial charge in [0, 0.05) is 48.1 Å². The molecule has 0 aliphatic carbocycles. The molecule has 0 radical (unpaired) electrons. The molecule has 0 spiro atoms. The number of anilines is 2. The van der Waals surface area contributed by atoms with Crippen molar-refractivity contribution in [3.05, 3.63) is 53.8 Å². The molecule has 2 saturated heterocycles. The summed E-state index contributed by atoms with van der Waals surface area (Å²) in [4.78, 5) is 31.9. The highest BCUT2D eigenvalue weighted by Gasteiger charge is 2.36. The smallest absolute Gasteiger partial charge is 0.234 e. The van der Waals surface area contributed by atoms with Crippen molar-refractivity contribution >= 4 is 45.9 Å². The molecule has 3 aliphatic rings. The van der Waals surface area contributed by atoms with Gasteiger partial charge in [-0.3, -0.25) is 9.59 Å². The molecule has 186 valence electrons. The highest BCUT2D eigenvalue weighted by atomic mass is 32.2. The molecule has 10 heteroatoms. The molecule has 3 N–H and O–H groups in total. The van der Waals surface area contributed by atoms with Crippen molar-refractivity contribution in [1.82, 2.24) is 15.6 Å². The van der Waals surface area contributed by atoms with E-state index < -0.39 is 0 Å². The Balaban J connectivity index is 1.07. The van der Waals surface area contributed by atoms with Crippen LogP contribution in [0.1, 0.15) is 17.9 Å². The van der Waals surface area contributed by atoms with Crippen LogP contribution in [0.25, 0.3) is 10.9 Å². The molecule has 36 heavy (non-hydrogen) atoms. The normalized spacial score (nSPS) is 21.7. The van der Waals surface area contributed by atoms with E-state index in [1.165, 1.54) is 17.8 Å². The van der Waals surface area contributed by atoms with E-state index in [9.17, 15) is 14.0 Å². The third-order valence-corrected chi connectivity index (χ3v) is 8.12. The van der Waals surface area contributed by atoms with Crippen LogP contribution in [0.3, 0.4) is 0 Å². The molecule has 2 atom stereocenters. The minimum atomic E-state index is -0.299. The number of carbonyl (C=O) groups excluding carboxylic acids is 2. The van der Waals surface area contributed by atoms with Gasteiger partial charge in [-0.1, -0.05) is 6.07 Å². The van der Waals surface area contributed by atoms with Crippen molar-refractivity contribution in [2.75, 3.05) is 42.7 Å². The van der Waals surface area contributed by atoms with Gasteiger partial charge in [-0.25, -0.2) is 9.37 Å². The summed E-state index contributed by atoms with van der Waals surface area (Å²) in [7, 11) is 1.55. The molecule has 2 aromatic carbocycles. The number of rotatable bonds is 6. The molecule has 0 bridgehead atoms. The number of pyridine rings is 1. The first-order valence-electron chi connectivity index (χ1n) is 12.0. The molecule has 6 rings (SSSR count). The zero-order valence-corrected chi connectivity index (χ0v) is 20.5. The van der Waals surface area contributed by atoms with Gasteiger partial charge in [0.25, 0.3) is 0 Å². The van der Waals surface area contributed by atoms with Crippen molar-refractivity contribution in [2.45, 2.75) is 29.3 Å². The molecule has 8 nitrogen and oxygen atoms in total. The summed E-state index contributed by atoms with van der Waals surface area (Å²) in [6.45, 7) is 1.95. The Morgan fingerprint density at radius 3 is 2.86 bits per heavy atom. The molecule has 2 fully saturated rings. The number of benzene rings is 2. The Kier molecular flexibility index (Phi) is 5.93. The highest BCUT2D eigenvalue weighted by Crippen LogP contribution is 2.36. The fraction of sp³-hybridized carbons (Fsp3) is 0.346. The molecular formula is C26H26FN5O3S. The number of hydrogen-bond donors (Lipinski definition) is 3. The summed E-state index contributed by atoms with van der Waals surface area (Å²) in [5.74, 6) is 0.318. The van der Waals surface area contributed by atoms with E-state index in [1.807, 2.05) is 29.2 Å². The molecule has 2 amide bonds. The lowest BCUT2D eigenvalue weighted by Crippen LogP contribution is -2.60. The van der Waals surface area contributed by atoms with Crippen LogP contribution in [-0.2, 0) is 9.59 Å². The number of ether oxygens (including phenoxy) is 1. The van der Waals surface area contributed by atoms with Crippen LogP contribution in [0.4, 0.5) is 15.8 Å². The second-order valence-corrected chi connectivity index (χ2v) is 10.4. The van der Waals surface area contributed by atoms with Gasteiger partial charge in [0.1, 0.15) is 11.3 Å². The van der Waals surface area contributed by atoms with Crippen LogP contribution in [0.15, 0.2) is 47.4 Å². The van der Waals surface area contributed by atoms with Gasteiger partial charge in [-0.05, 0) is 42.3 Å². The molecule has 0 saturated carbocycles. The SMILES string of the molecule is COc1ccc2ccc(F)c(N3CC(NCC4C[C@H](c5ccc6c(c5)NC(=O)CS6)C(=O)N4)C3)c2n1. The summed E-state index contributed by atoms with van der Waals surface area (Å²) in [6.07, 6.45) is 0.684. The number of aromatic nitrogens is 1. The van der Waals surface area contributed by atoms with E-state index >= 15 is 0 Å². The van der Waals surface area contributed by atoms with E-state index in [-0.39, 0.29) is 35.6 Å². The quantitative estimate of drug-likeness (QED) is 0.472. The van der Waals surface area contributed by atoms with Gasteiger partial charge >= 0.3 is 0 Å². The van der Waals surface area contributed by atoms with E-state index in [4.69, 9.17) is 4.74 Å². The largest absolute Gasteiger partial charge is 0.481 e. The Labute approximate surface area is 212 Å². The van der Waals surface area contributed by atoms with Gasteiger partial charge < -0.3 is 25.6 Å². The number of thioether (sulfide) groups is 1. The van der Waals surface area contributed by atoms with E-state index in [1.54, 1.807) is 19.2 Å². The molecule has 3 aromatic rings. The number of nitrogens with zero attached hydrogens (tertiary/aromatic N) is 2. The Morgan fingerprint density at radius 2 is 2.03 bits per heavy atom. The Bertz CT molecular complexity index is 1360. The van der Waals surface area contributed by atoms with Crippen LogP contribution < -0.4 is 25.6 Å². The first-order valence-corrected chi connectivity index (χ1v) is 13.0. The minimum Gasteiger partial charge on any atom is -0.481 e. The van der Waals surface area contributed by atoms with E-state index in [0.717, 1.165) is 21.5 Å². The van der Waals surface area contributed by atoms with Crippen molar-refractivity contribution in [3.8, 4) is 5.88 Å². The van der Waals surface area contributed by atoms with Crippen molar-refractivity contribution in [2.24, 2.45) is 0 Å². The topological polar surface area (TPSA) is 95.6 Å². The predicted molar refractivity (Wildman–Crippen MR) is 137 cm³/mol. The average molecular weight is 508 g/mol. The second-order valence-electron chi connectivity index (χ2n) is 9.42. The average Bonchev–Trinajstić information content (AvgIpc) is 3.23. The predicted octanol–water partition coefficient (Wildman–Crippen LogP) is 2.88. The van der Waals surface area contributed by atoms with Crippen molar-refractivity contribution < 1.29 is 18.7 Å².